The van der Waals surface area contributed by atoms with Gasteiger partial charge >= 0.3 is 0 Å². The minimum atomic E-state index is -0.172. The Labute approximate surface area is 144 Å². The molecule has 0 heterocycles. The monoisotopic (exact) mass is 413 g/mol. The van der Waals surface area contributed by atoms with Crippen LogP contribution in [0.5, 0.6) is 0 Å². The van der Waals surface area contributed by atoms with Crippen LogP contribution in [-0.4, -0.2) is 5.91 Å². The summed E-state index contributed by atoms with van der Waals surface area (Å²) in [5.41, 5.74) is 2.50. The number of halogens is 2. The van der Waals surface area contributed by atoms with Crippen molar-refractivity contribution in [2.45, 2.75) is 26.2 Å². The molecule has 0 fully saturated rings. The number of para-hydroxylation sites is 1. The van der Waals surface area contributed by atoms with Gasteiger partial charge in [-0.15, -0.1) is 0 Å². The zero-order chi connectivity index (χ0) is 15.4. The highest BCUT2D eigenvalue weighted by Crippen LogP contribution is 2.27. The van der Waals surface area contributed by atoms with Crippen LogP contribution in [0.3, 0.4) is 0 Å². The van der Waals surface area contributed by atoms with Crippen LogP contribution in [0.1, 0.15) is 42.1 Å². The van der Waals surface area contributed by atoms with Crippen molar-refractivity contribution >= 4 is 45.8 Å². The van der Waals surface area contributed by atoms with Gasteiger partial charge < -0.3 is 5.32 Å². The maximum Gasteiger partial charge on any atom is 0.257 e. The van der Waals surface area contributed by atoms with Gasteiger partial charge in [0.1, 0.15) is 0 Å². The Balaban J connectivity index is 2.30. The average molecular weight is 414 g/mol. The summed E-state index contributed by atoms with van der Waals surface area (Å²) in [5, 5.41) is 3.45. The second-order valence-electron chi connectivity index (χ2n) is 4.97. The van der Waals surface area contributed by atoms with Gasteiger partial charge in [0.05, 0.1) is 10.6 Å². The molecule has 0 aliphatic carbocycles. The van der Waals surface area contributed by atoms with Crippen LogP contribution >= 0.6 is 34.2 Å². The van der Waals surface area contributed by atoms with Gasteiger partial charge in [0.15, 0.2) is 0 Å². The largest absolute Gasteiger partial charge is 0.322 e. The van der Waals surface area contributed by atoms with Crippen molar-refractivity contribution in [2.75, 3.05) is 5.32 Å². The average Bonchev–Trinajstić information content (AvgIpc) is 2.49. The van der Waals surface area contributed by atoms with Gasteiger partial charge in [-0.3, -0.25) is 4.79 Å². The fourth-order valence-electron chi connectivity index (χ4n) is 2.12. The molecule has 0 saturated carbocycles. The van der Waals surface area contributed by atoms with Crippen LogP contribution < -0.4 is 5.32 Å². The molecular weight excluding hydrogens is 397 g/mol. The molecule has 21 heavy (non-hydrogen) atoms. The first-order valence-electron chi connectivity index (χ1n) is 6.88. The van der Waals surface area contributed by atoms with Crippen molar-refractivity contribution in [1.29, 1.82) is 0 Å². The summed E-state index contributed by atoms with van der Waals surface area (Å²) in [4.78, 5) is 12.5. The minimum absolute atomic E-state index is 0.172. The molecule has 4 heteroatoms. The zero-order valence-electron chi connectivity index (χ0n) is 12.0. The Hall–Kier alpha value is -1.07. The molecule has 0 aliphatic heterocycles. The van der Waals surface area contributed by atoms with Crippen molar-refractivity contribution in [3.63, 3.8) is 0 Å². The maximum atomic E-state index is 12.5. The smallest absolute Gasteiger partial charge is 0.257 e. The summed E-state index contributed by atoms with van der Waals surface area (Å²) in [6, 6.07) is 13.3. The fraction of sp³-hybridized carbons (Fsp3) is 0.235. The molecule has 1 amide bonds. The van der Waals surface area contributed by atoms with E-state index in [1.807, 2.05) is 24.3 Å². The topological polar surface area (TPSA) is 29.1 Å². The molecule has 0 saturated heterocycles. The molecule has 0 spiro atoms. The van der Waals surface area contributed by atoms with Crippen LogP contribution in [0.4, 0.5) is 5.69 Å². The van der Waals surface area contributed by atoms with Gasteiger partial charge in [0.25, 0.3) is 5.91 Å². The molecular formula is C17H17ClINO. The van der Waals surface area contributed by atoms with Crippen LogP contribution in [0.2, 0.25) is 5.02 Å². The molecule has 1 atom stereocenters. The third kappa shape index (κ3) is 3.98. The van der Waals surface area contributed by atoms with Crippen molar-refractivity contribution in [2.24, 2.45) is 0 Å². The lowest BCUT2D eigenvalue weighted by molar-refractivity contribution is 0.102. The summed E-state index contributed by atoms with van der Waals surface area (Å²) in [6.45, 7) is 4.29. The minimum Gasteiger partial charge on any atom is -0.322 e. The number of amides is 1. The molecule has 2 aromatic rings. The van der Waals surface area contributed by atoms with E-state index in [4.69, 9.17) is 11.6 Å². The van der Waals surface area contributed by atoms with Crippen LogP contribution in [-0.2, 0) is 0 Å². The van der Waals surface area contributed by atoms with E-state index in [2.05, 4.69) is 47.8 Å². The zero-order valence-corrected chi connectivity index (χ0v) is 14.9. The molecule has 0 aromatic heterocycles. The molecule has 2 rings (SSSR count). The lowest BCUT2D eigenvalue weighted by atomic mass is 9.97. The number of anilines is 1. The maximum absolute atomic E-state index is 12.5. The second-order valence-corrected chi connectivity index (χ2v) is 6.63. The molecule has 0 aliphatic rings. The van der Waals surface area contributed by atoms with Crippen molar-refractivity contribution in [1.82, 2.24) is 0 Å². The van der Waals surface area contributed by atoms with E-state index in [1.54, 1.807) is 12.1 Å². The Bertz CT molecular complexity index is 657. The molecule has 2 aromatic carbocycles. The Kier molecular flexibility index (Phi) is 5.65. The number of carbonyl (C=O) groups is 1. The van der Waals surface area contributed by atoms with Gasteiger partial charge in [-0.2, -0.15) is 0 Å². The van der Waals surface area contributed by atoms with E-state index in [0.29, 0.717) is 16.5 Å². The van der Waals surface area contributed by atoms with Crippen LogP contribution in [0.15, 0.2) is 42.5 Å². The van der Waals surface area contributed by atoms with E-state index in [0.717, 1.165) is 21.2 Å². The normalized spacial score (nSPS) is 12.0. The summed E-state index contributed by atoms with van der Waals surface area (Å²) in [5.74, 6) is 0.224. The van der Waals surface area contributed by atoms with Gasteiger partial charge in [0.2, 0.25) is 0 Å². The number of carbonyl (C=O) groups excluding carboxylic acids is 1. The molecule has 1 unspecified atom stereocenters. The van der Waals surface area contributed by atoms with Gasteiger partial charge in [-0.05, 0) is 64.8 Å². The van der Waals surface area contributed by atoms with E-state index >= 15 is 0 Å². The first-order chi connectivity index (χ1) is 10.0. The van der Waals surface area contributed by atoms with Gasteiger partial charge in [0, 0.05) is 9.26 Å². The highest BCUT2D eigenvalue weighted by atomic mass is 127. The third-order valence-electron chi connectivity index (χ3n) is 3.53. The Morgan fingerprint density at radius 3 is 2.71 bits per heavy atom. The molecule has 0 bridgehead atoms. The summed E-state index contributed by atoms with van der Waals surface area (Å²) < 4.78 is 0.984. The number of hydrogen-bond acceptors (Lipinski definition) is 1. The van der Waals surface area contributed by atoms with Crippen LogP contribution in [0.25, 0.3) is 0 Å². The number of benzene rings is 2. The van der Waals surface area contributed by atoms with Gasteiger partial charge in [-0.1, -0.05) is 43.6 Å². The van der Waals surface area contributed by atoms with Crippen molar-refractivity contribution in [3.8, 4) is 0 Å². The van der Waals surface area contributed by atoms with E-state index in [9.17, 15) is 4.79 Å². The van der Waals surface area contributed by atoms with E-state index in [-0.39, 0.29) is 5.91 Å². The fourth-order valence-corrected chi connectivity index (χ4v) is 2.82. The summed E-state index contributed by atoms with van der Waals surface area (Å²) in [6.07, 6.45) is 1.02. The van der Waals surface area contributed by atoms with Crippen LogP contribution in [0, 0.1) is 3.57 Å². The quantitative estimate of drug-likeness (QED) is 0.639. The summed E-state index contributed by atoms with van der Waals surface area (Å²) in [7, 11) is 0. The molecule has 0 radical (unpaired) electrons. The second kappa shape index (κ2) is 7.27. The van der Waals surface area contributed by atoms with Gasteiger partial charge in [-0.25, -0.2) is 0 Å². The molecule has 2 nitrogen and oxygen atoms in total. The molecule has 1 N–H and O–H groups in total. The predicted molar refractivity (Wildman–Crippen MR) is 97.3 cm³/mol. The summed E-state index contributed by atoms with van der Waals surface area (Å²) >= 11 is 8.29. The number of rotatable bonds is 4. The number of nitrogens with one attached hydrogen (secondary N) is 1. The first kappa shape index (κ1) is 16.3. The third-order valence-corrected chi connectivity index (χ3v) is 4.53. The molecule has 110 valence electrons. The van der Waals surface area contributed by atoms with E-state index < -0.39 is 0 Å². The Morgan fingerprint density at radius 1 is 1.29 bits per heavy atom. The highest BCUT2D eigenvalue weighted by molar-refractivity contribution is 14.1. The predicted octanol–water partition coefficient (Wildman–Crippen LogP) is 5.71. The van der Waals surface area contributed by atoms with Crippen molar-refractivity contribution < 1.29 is 4.79 Å². The Morgan fingerprint density at radius 2 is 2.00 bits per heavy atom. The number of hydrogen-bond donors (Lipinski definition) is 1. The standard InChI is InChI=1S/C17H17ClINO/c1-3-11(2)13-6-4-5-7-16(13)20-17(21)14-10-12(19)8-9-15(14)18/h4-11H,3H2,1-2H3,(H,20,21). The lowest BCUT2D eigenvalue weighted by Crippen LogP contribution is -2.14. The SMILES string of the molecule is CCC(C)c1ccccc1NC(=O)c1cc(I)ccc1Cl. The highest BCUT2D eigenvalue weighted by Gasteiger charge is 2.14. The van der Waals surface area contributed by atoms with Crippen molar-refractivity contribution in [3.05, 3.63) is 62.2 Å². The first-order valence-corrected chi connectivity index (χ1v) is 8.34. The van der Waals surface area contributed by atoms with E-state index in [1.165, 1.54) is 0 Å². The lowest BCUT2D eigenvalue weighted by Gasteiger charge is -2.16.